The van der Waals surface area contributed by atoms with Gasteiger partial charge < -0.3 is 10.1 Å². The van der Waals surface area contributed by atoms with E-state index in [1.807, 2.05) is 36.4 Å². The van der Waals surface area contributed by atoms with Gasteiger partial charge in [0.15, 0.2) is 0 Å². The van der Waals surface area contributed by atoms with Crippen LogP contribution in [0, 0.1) is 17.1 Å². The van der Waals surface area contributed by atoms with Gasteiger partial charge in [-0.1, -0.05) is 36.4 Å². The number of hydrogen-bond donors (Lipinski definition) is 1. The van der Waals surface area contributed by atoms with Crippen molar-refractivity contribution in [1.82, 2.24) is 5.32 Å². The summed E-state index contributed by atoms with van der Waals surface area (Å²) in [6.07, 6.45) is 0. The van der Waals surface area contributed by atoms with Gasteiger partial charge in [0.1, 0.15) is 23.4 Å². The molecular formula is C21H15FN2O2. The zero-order valence-electron chi connectivity index (χ0n) is 13.7. The van der Waals surface area contributed by atoms with E-state index in [0.29, 0.717) is 22.6 Å². The molecule has 1 amide bonds. The summed E-state index contributed by atoms with van der Waals surface area (Å²) < 4.78 is 18.7. The quantitative estimate of drug-likeness (QED) is 0.734. The molecule has 1 atom stereocenters. The minimum atomic E-state index is -0.873. The minimum Gasteiger partial charge on any atom is -0.457 e. The Labute approximate surface area is 150 Å². The van der Waals surface area contributed by atoms with E-state index >= 15 is 0 Å². The number of carbonyl (C=O) groups is 1. The Morgan fingerprint density at radius 2 is 1.65 bits per heavy atom. The molecule has 0 aliphatic rings. The van der Waals surface area contributed by atoms with E-state index in [-0.39, 0.29) is 0 Å². The lowest BCUT2D eigenvalue weighted by Gasteiger charge is -2.13. The van der Waals surface area contributed by atoms with Crippen LogP contribution >= 0.6 is 0 Å². The van der Waals surface area contributed by atoms with Crippen molar-refractivity contribution in [2.45, 2.75) is 6.04 Å². The number of rotatable bonds is 5. The number of nitrogens with zero attached hydrogens (tertiary/aromatic N) is 1. The number of ether oxygens (including phenoxy) is 1. The normalized spacial score (nSPS) is 11.2. The highest BCUT2D eigenvalue weighted by molar-refractivity contribution is 5.95. The predicted octanol–water partition coefficient (Wildman–Crippen LogP) is 4.61. The third-order valence-corrected chi connectivity index (χ3v) is 3.68. The fourth-order valence-electron chi connectivity index (χ4n) is 2.39. The van der Waals surface area contributed by atoms with E-state index in [1.165, 1.54) is 24.3 Å². The lowest BCUT2D eigenvalue weighted by Crippen LogP contribution is -2.27. The van der Waals surface area contributed by atoms with Crippen LogP contribution in [0.5, 0.6) is 11.5 Å². The second-order valence-electron chi connectivity index (χ2n) is 5.53. The van der Waals surface area contributed by atoms with Gasteiger partial charge in [-0.15, -0.1) is 0 Å². The first-order valence-corrected chi connectivity index (χ1v) is 7.94. The van der Waals surface area contributed by atoms with Crippen molar-refractivity contribution in [3.63, 3.8) is 0 Å². The van der Waals surface area contributed by atoms with Crippen molar-refractivity contribution >= 4 is 5.91 Å². The molecule has 3 aromatic rings. The van der Waals surface area contributed by atoms with E-state index < -0.39 is 17.8 Å². The molecule has 0 radical (unpaired) electrons. The molecule has 26 heavy (non-hydrogen) atoms. The summed E-state index contributed by atoms with van der Waals surface area (Å²) in [5, 5.41) is 11.9. The number of carbonyl (C=O) groups excluding carboxylic acids is 1. The van der Waals surface area contributed by atoms with Crippen LogP contribution in [0.15, 0.2) is 78.9 Å². The molecule has 0 heterocycles. The van der Waals surface area contributed by atoms with Crippen molar-refractivity contribution in [3.05, 3.63) is 95.8 Å². The van der Waals surface area contributed by atoms with Crippen molar-refractivity contribution in [2.24, 2.45) is 0 Å². The number of para-hydroxylation sites is 1. The standard InChI is InChI=1S/C21H15FN2O2/c22-17-11-9-15(10-12-17)20(14-23)24-21(25)16-5-4-8-19(13-16)26-18-6-2-1-3-7-18/h1-13,20H,(H,24,25)/t20-/m0/s1. The summed E-state index contributed by atoms with van der Waals surface area (Å²) in [6, 6.07) is 22.5. The molecule has 3 rings (SSSR count). The van der Waals surface area contributed by atoms with Gasteiger partial charge in [0, 0.05) is 5.56 Å². The Morgan fingerprint density at radius 3 is 2.35 bits per heavy atom. The van der Waals surface area contributed by atoms with E-state index in [4.69, 9.17) is 4.74 Å². The Bertz CT molecular complexity index is 934. The van der Waals surface area contributed by atoms with Gasteiger partial charge in [0.25, 0.3) is 5.91 Å². The fourth-order valence-corrected chi connectivity index (χ4v) is 2.39. The van der Waals surface area contributed by atoms with Crippen LogP contribution in [0.2, 0.25) is 0 Å². The van der Waals surface area contributed by atoms with Crippen molar-refractivity contribution in [1.29, 1.82) is 5.26 Å². The molecule has 3 aromatic carbocycles. The number of halogens is 1. The Kier molecular flexibility index (Phi) is 5.25. The molecule has 4 nitrogen and oxygen atoms in total. The van der Waals surface area contributed by atoms with Gasteiger partial charge in [0.05, 0.1) is 6.07 Å². The minimum absolute atomic E-state index is 0.362. The second-order valence-corrected chi connectivity index (χ2v) is 5.53. The van der Waals surface area contributed by atoms with Crippen LogP contribution in [-0.4, -0.2) is 5.91 Å². The highest BCUT2D eigenvalue weighted by Gasteiger charge is 2.15. The van der Waals surface area contributed by atoms with Crippen LogP contribution in [0.25, 0.3) is 0 Å². The van der Waals surface area contributed by atoms with Gasteiger partial charge in [-0.3, -0.25) is 4.79 Å². The fraction of sp³-hybridized carbons (Fsp3) is 0.0476. The lowest BCUT2D eigenvalue weighted by molar-refractivity contribution is 0.0945. The Hall–Kier alpha value is -3.65. The largest absolute Gasteiger partial charge is 0.457 e. The van der Waals surface area contributed by atoms with Gasteiger partial charge in [0.2, 0.25) is 0 Å². The highest BCUT2D eigenvalue weighted by Crippen LogP contribution is 2.22. The van der Waals surface area contributed by atoms with Crippen LogP contribution in [0.1, 0.15) is 22.0 Å². The van der Waals surface area contributed by atoms with Crippen molar-refractivity contribution < 1.29 is 13.9 Å². The second kappa shape index (κ2) is 7.95. The number of amides is 1. The number of nitrogens with one attached hydrogen (secondary N) is 1. The molecule has 1 N–H and O–H groups in total. The Morgan fingerprint density at radius 1 is 0.962 bits per heavy atom. The first kappa shape index (κ1) is 17.2. The molecular weight excluding hydrogens is 331 g/mol. The first-order valence-electron chi connectivity index (χ1n) is 7.94. The monoisotopic (exact) mass is 346 g/mol. The number of hydrogen-bond acceptors (Lipinski definition) is 3. The third kappa shape index (κ3) is 4.25. The van der Waals surface area contributed by atoms with Crippen LogP contribution in [0.4, 0.5) is 4.39 Å². The molecule has 0 aliphatic carbocycles. The van der Waals surface area contributed by atoms with Gasteiger partial charge >= 0.3 is 0 Å². The summed E-state index contributed by atoms with van der Waals surface area (Å²) in [4.78, 5) is 12.5. The summed E-state index contributed by atoms with van der Waals surface area (Å²) >= 11 is 0. The van der Waals surface area contributed by atoms with E-state index in [9.17, 15) is 14.4 Å². The van der Waals surface area contributed by atoms with Gasteiger partial charge in [-0.25, -0.2) is 4.39 Å². The lowest BCUT2D eigenvalue weighted by atomic mass is 10.1. The molecule has 0 bridgehead atoms. The number of benzene rings is 3. The predicted molar refractivity (Wildman–Crippen MR) is 95.2 cm³/mol. The molecule has 0 fully saturated rings. The maximum absolute atomic E-state index is 13.0. The van der Waals surface area contributed by atoms with E-state index in [2.05, 4.69) is 5.32 Å². The van der Waals surface area contributed by atoms with Gasteiger partial charge in [-0.05, 0) is 48.0 Å². The van der Waals surface area contributed by atoms with Crippen LogP contribution in [-0.2, 0) is 0 Å². The topological polar surface area (TPSA) is 62.1 Å². The molecule has 0 saturated heterocycles. The maximum atomic E-state index is 13.0. The molecule has 0 aromatic heterocycles. The van der Waals surface area contributed by atoms with E-state index in [1.54, 1.807) is 24.3 Å². The zero-order valence-corrected chi connectivity index (χ0v) is 13.7. The highest BCUT2D eigenvalue weighted by atomic mass is 19.1. The average molecular weight is 346 g/mol. The summed E-state index contributed by atoms with van der Waals surface area (Å²) in [5.41, 5.74) is 0.875. The van der Waals surface area contributed by atoms with Crippen molar-refractivity contribution in [3.8, 4) is 17.6 Å². The maximum Gasteiger partial charge on any atom is 0.252 e. The van der Waals surface area contributed by atoms with Gasteiger partial charge in [-0.2, -0.15) is 5.26 Å². The van der Waals surface area contributed by atoms with Crippen molar-refractivity contribution in [2.75, 3.05) is 0 Å². The third-order valence-electron chi connectivity index (χ3n) is 3.68. The molecule has 5 heteroatoms. The summed E-state index contributed by atoms with van der Waals surface area (Å²) in [5.74, 6) is 0.354. The molecule has 128 valence electrons. The zero-order chi connectivity index (χ0) is 18.4. The molecule has 0 aliphatic heterocycles. The number of nitriles is 1. The molecule has 0 spiro atoms. The van der Waals surface area contributed by atoms with E-state index in [0.717, 1.165) is 0 Å². The smallest absolute Gasteiger partial charge is 0.252 e. The SMILES string of the molecule is N#C[C@H](NC(=O)c1cccc(Oc2ccccc2)c1)c1ccc(F)cc1. The Balaban J connectivity index is 1.74. The first-order chi connectivity index (χ1) is 12.7. The summed E-state index contributed by atoms with van der Waals surface area (Å²) in [7, 11) is 0. The average Bonchev–Trinajstić information content (AvgIpc) is 2.68. The summed E-state index contributed by atoms with van der Waals surface area (Å²) in [6.45, 7) is 0. The van der Waals surface area contributed by atoms with Crippen LogP contribution in [0.3, 0.4) is 0 Å². The van der Waals surface area contributed by atoms with Crippen LogP contribution < -0.4 is 10.1 Å². The molecule has 0 unspecified atom stereocenters. The molecule has 0 saturated carbocycles.